The van der Waals surface area contributed by atoms with E-state index in [-0.39, 0.29) is 5.56 Å². The Morgan fingerprint density at radius 3 is 2.84 bits per heavy atom. The summed E-state index contributed by atoms with van der Waals surface area (Å²) in [5, 5.41) is 0.794. The maximum absolute atomic E-state index is 11.6. The number of aromatic amines is 1. The first-order valence-electron chi connectivity index (χ1n) is 5.83. The second-order valence-electron chi connectivity index (χ2n) is 4.22. The van der Waals surface area contributed by atoms with Gasteiger partial charge < -0.3 is 9.88 Å². The predicted octanol–water partition coefficient (Wildman–Crippen LogP) is 2.02. The second-order valence-corrected chi connectivity index (χ2v) is 5.20. The van der Waals surface area contributed by atoms with Crippen LogP contribution in [-0.4, -0.2) is 22.0 Å². The van der Waals surface area contributed by atoms with Crippen LogP contribution >= 0.6 is 11.3 Å². The van der Waals surface area contributed by atoms with Crippen LogP contribution in [0, 0.1) is 0 Å². The molecule has 5 nitrogen and oxygen atoms in total. The van der Waals surface area contributed by atoms with Crippen LogP contribution in [0.15, 0.2) is 41.5 Å². The Labute approximate surface area is 113 Å². The maximum Gasteiger partial charge on any atom is 0.270 e. The Morgan fingerprint density at radius 1 is 1.32 bits per heavy atom. The minimum absolute atomic E-state index is 0.137. The van der Waals surface area contributed by atoms with Crippen molar-refractivity contribution in [3.8, 4) is 0 Å². The molecule has 0 aliphatic carbocycles. The third kappa shape index (κ3) is 2.34. The van der Waals surface area contributed by atoms with Crippen LogP contribution in [0.3, 0.4) is 0 Å². The number of anilines is 1. The highest BCUT2D eigenvalue weighted by atomic mass is 32.1. The Bertz CT molecular complexity index is 750. The fourth-order valence-electron chi connectivity index (χ4n) is 1.84. The SMILES string of the molecule is CN(Cc1ccccc1)c1nc2nc[nH]c(=O)c2s1. The number of nitrogens with zero attached hydrogens (tertiary/aromatic N) is 3. The zero-order chi connectivity index (χ0) is 13.2. The summed E-state index contributed by atoms with van der Waals surface area (Å²) in [5.74, 6) is 0. The van der Waals surface area contributed by atoms with E-state index in [2.05, 4.69) is 27.1 Å². The van der Waals surface area contributed by atoms with Gasteiger partial charge in [0, 0.05) is 13.6 Å². The van der Waals surface area contributed by atoms with Gasteiger partial charge in [-0.15, -0.1) is 0 Å². The van der Waals surface area contributed by atoms with E-state index in [0.717, 1.165) is 11.7 Å². The Kier molecular flexibility index (Phi) is 3.00. The van der Waals surface area contributed by atoms with Crippen LogP contribution in [0.4, 0.5) is 5.13 Å². The molecule has 0 aliphatic heterocycles. The van der Waals surface area contributed by atoms with E-state index in [0.29, 0.717) is 10.3 Å². The first-order chi connectivity index (χ1) is 9.24. The topological polar surface area (TPSA) is 61.9 Å². The number of thiazole rings is 1. The summed E-state index contributed by atoms with van der Waals surface area (Å²) >= 11 is 1.36. The molecular weight excluding hydrogens is 260 g/mol. The number of hydrogen-bond acceptors (Lipinski definition) is 5. The average molecular weight is 272 g/mol. The molecule has 0 aliphatic rings. The van der Waals surface area contributed by atoms with Gasteiger partial charge in [0.25, 0.3) is 5.56 Å². The molecular formula is C13H12N4OS. The molecule has 3 rings (SSSR count). The number of fused-ring (bicyclic) bond motifs is 1. The van der Waals surface area contributed by atoms with E-state index in [9.17, 15) is 4.79 Å². The quantitative estimate of drug-likeness (QED) is 0.792. The molecule has 0 spiro atoms. The predicted molar refractivity (Wildman–Crippen MR) is 76.6 cm³/mol. The number of aromatic nitrogens is 3. The normalized spacial score (nSPS) is 10.8. The van der Waals surface area contributed by atoms with Crippen LogP contribution in [0.25, 0.3) is 10.3 Å². The fraction of sp³-hybridized carbons (Fsp3) is 0.154. The summed E-state index contributed by atoms with van der Waals surface area (Å²) in [4.78, 5) is 24.7. The van der Waals surface area contributed by atoms with E-state index in [1.165, 1.54) is 23.2 Å². The minimum atomic E-state index is -0.137. The number of benzene rings is 1. The van der Waals surface area contributed by atoms with Gasteiger partial charge in [-0.05, 0) is 5.56 Å². The lowest BCUT2D eigenvalue weighted by Gasteiger charge is -2.15. The number of hydrogen-bond donors (Lipinski definition) is 1. The van der Waals surface area contributed by atoms with Crippen molar-refractivity contribution in [1.29, 1.82) is 0 Å². The van der Waals surface area contributed by atoms with E-state index in [1.807, 2.05) is 30.1 Å². The molecule has 2 heterocycles. The molecule has 0 atom stereocenters. The van der Waals surface area contributed by atoms with Crippen LogP contribution in [0.5, 0.6) is 0 Å². The molecule has 1 aromatic carbocycles. The van der Waals surface area contributed by atoms with Gasteiger partial charge >= 0.3 is 0 Å². The largest absolute Gasteiger partial charge is 0.347 e. The summed E-state index contributed by atoms with van der Waals surface area (Å²) in [6.45, 7) is 0.749. The summed E-state index contributed by atoms with van der Waals surface area (Å²) in [5.41, 5.74) is 1.57. The highest BCUT2D eigenvalue weighted by Gasteiger charge is 2.11. The summed E-state index contributed by atoms with van der Waals surface area (Å²) in [7, 11) is 1.96. The summed E-state index contributed by atoms with van der Waals surface area (Å²) in [6, 6.07) is 10.1. The van der Waals surface area contributed by atoms with Crippen LogP contribution in [0.1, 0.15) is 5.56 Å². The van der Waals surface area contributed by atoms with E-state index in [4.69, 9.17) is 0 Å². The van der Waals surface area contributed by atoms with Crippen molar-refractivity contribution in [2.45, 2.75) is 6.54 Å². The smallest absolute Gasteiger partial charge is 0.270 e. The highest BCUT2D eigenvalue weighted by molar-refractivity contribution is 7.22. The third-order valence-corrected chi connectivity index (χ3v) is 3.93. The molecule has 0 saturated carbocycles. The van der Waals surface area contributed by atoms with Crippen molar-refractivity contribution in [2.24, 2.45) is 0 Å². The minimum Gasteiger partial charge on any atom is -0.347 e. The molecule has 0 radical (unpaired) electrons. The highest BCUT2D eigenvalue weighted by Crippen LogP contribution is 2.24. The van der Waals surface area contributed by atoms with Crippen molar-refractivity contribution < 1.29 is 0 Å². The molecule has 2 aromatic heterocycles. The van der Waals surface area contributed by atoms with Gasteiger partial charge in [-0.2, -0.15) is 4.98 Å². The number of H-pyrrole nitrogens is 1. The monoisotopic (exact) mass is 272 g/mol. The van der Waals surface area contributed by atoms with Gasteiger partial charge in [-0.1, -0.05) is 41.7 Å². The summed E-state index contributed by atoms with van der Waals surface area (Å²) in [6.07, 6.45) is 1.38. The van der Waals surface area contributed by atoms with Gasteiger partial charge in [0.2, 0.25) is 0 Å². The molecule has 0 bridgehead atoms. The fourth-order valence-corrected chi connectivity index (χ4v) is 2.72. The maximum atomic E-state index is 11.6. The second kappa shape index (κ2) is 4.81. The van der Waals surface area contributed by atoms with Gasteiger partial charge in [0.15, 0.2) is 10.8 Å². The third-order valence-electron chi connectivity index (χ3n) is 2.78. The van der Waals surface area contributed by atoms with E-state index < -0.39 is 0 Å². The van der Waals surface area contributed by atoms with Crippen molar-refractivity contribution in [1.82, 2.24) is 15.0 Å². The molecule has 0 amide bonds. The van der Waals surface area contributed by atoms with Gasteiger partial charge in [0.05, 0.1) is 6.33 Å². The lowest BCUT2D eigenvalue weighted by molar-refractivity contribution is 0.916. The molecule has 6 heteroatoms. The van der Waals surface area contributed by atoms with Crippen molar-refractivity contribution in [2.75, 3.05) is 11.9 Å². The summed E-state index contributed by atoms with van der Waals surface area (Å²) < 4.78 is 0.567. The average Bonchev–Trinajstić information content (AvgIpc) is 2.85. The number of rotatable bonds is 3. The number of nitrogens with one attached hydrogen (secondary N) is 1. The van der Waals surface area contributed by atoms with Crippen molar-refractivity contribution in [3.63, 3.8) is 0 Å². The van der Waals surface area contributed by atoms with Gasteiger partial charge in [-0.25, -0.2) is 4.98 Å². The first kappa shape index (κ1) is 11.9. The van der Waals surface area contributed by atoms with E-state index in [1.54, 1.807) is 0 Å². The van der Waals surface area contributed by atoms with Gasteiger partial charge in [0.1, 0.15) is 4.70 Å². The Hall–Kier alpha value is -2.21. The van der Waals surface area contributed by atoms with Crippen LogP contribution in [-0.2, 0) is 6.54 Å². The van der Waals surface area contributed by atoms with E-state index >= 15 is 0 Å². The van der Waals surface area contributed by atoms with Crippen LogP contribution in [0.2, 0.25) is 0 Å². The lowest BCUT2D eigenvalue weighted by atomic mass is 10.2. The molecule has 3 aromatic rings. The zero-order valence-corrected chi connectivity index (χ0v) is 11.1. The molecule has 0 fully saturated rings. The lowest BCUT2D eigenvalue weighted by Crippen LogP contribution is -2.15. The Morgan fingerprint density at radius 2 is 2.11 bits per heavy atom. The zero-order valence-electron chi connectivity index (χ0n) is 10.3. The molecule has 1 N–H and O–H groups in total. The molecule has 96 valence electrons. The van der Waals surface area contributed by atoms with Gasteiger partial charge in [-0.3, -0.25) is 4.79 Å². The first-order valence-corrected chi connectivity index (χ1v) is 6.65. The molecule has 0 unspecified atom stereocenters. The Balaban J connectivity index is 1.92. The molecule has 0 saturated heterocycles. The van der Waals surface area contributed by atoms with Crippen LogP contribution < -0.4 is 10.5 Å². The standard InChI is InChI=1S/C13H12N4OS/c1-17(7-9-5-3-2-4-6-9)13-16-11-10(19-13)12(18)15-8-14-11/h2-6,8H,7H2,1H3,(H,14,15,18). The van der Waals surface area contributed by atoms with Crippen molar-refractivity contribution in [3.05, 3.63) is 52.6 Å². The molecule has 19 heavy (non-hydrogen) atoms. The van der Waals surface area contributed by atoms with Crippen molar-refractivity contribution >= 4 is 26.8 Å².